The second kappa shape index (κ2) is 12.2. The highest BCUT2D eigenvalue weighted by Gasteiger charge is 2.35. The summed E-state index contributed by atoms with van der Waals surface area (Å²) in [5.41, 5.74) is 1.34. The molecule has 0 aromatic heterocycles. The van der Waals surface area contributed by atoms with E-state index in [9.17, 15) is 19.5 Å². The van der Waals surface area contributed by atoms with Gasteiger partial charge >= 0.3 is 6.09 Å². The molecular formula is C26H35N3O6. The smallest absolute Gasteiger partial charge is 0.408 e. The largest absolute Gasteiger partial charge is 0.497 e. The van der Waals surface area contributed by atoms with Gasteiger partial charge in [0.15, 0.2) is 0 Å². The Morgan fingerprint density at radius 1 is 1.03 bits per heavy atom. The van der Waals surface area contributed by atoms with E-state index in [1.807, 2.05) is 19.1 Å². The monoisotopic (exact) mass is 485 g/mol. The zero-order chi connectivity index (χ0) is 26.2. The molecule has 2 aromatic rings. The van der Waals surface area contributed by atoms with Gasteiger partial charge in [0.25, 0.3) is 5.91 Å². The first-order valence-corrected chi connectivity index (χ1v) is 11.4. The van der Waals surface area contributed by atoms with E-state index in [2.05, 4.69) is 10.6 Å². The number of carbonyl (C=O) groups excluding carboxylic acids is 3. The molecule has 0 radical (unpaired) electrons. The van der Waals surface area contributed by atoms with Gasteiger partial charge in [-0.3, -0.25) is 9.59 Å². The van der Waals surface area contributed by atoms with Gasteiger partial charge in [0, 0.05) is 12.2 Å². The van der Waals surface area contributed by atoms with Gasteiger partial charge in [0.2, 0.25) is 5.91 Å². The summed E-state index contributed by atoms with van der Waals surface area (Å²) in [5.74, 6) is -0.415. The number of likely N-dealkylation sites (N-methyl/N-ethyl adjacent to an activating group) is 1. The molecule has 0 spiro atoms. The first kappa shape index (κ1) is 27.7. The molecule has 35 heavy (non-hydrogen) atoms. The van der Waals surface area contributed by atoms with Gasteiger partial charge in [0.05, 0.1) is 13.7 Å². The SMILES string of the molecule is CCN(C(=O)C(CO)NC(=O)OC(C)(C)C)C(C(=O)Nc1ccc(OC)cc1)c1ccc(C)cc1. The number of ether oxygens (including phenoxy) is 2. The van der Waals surface area contributed by atoms with Crippen LogP contribution in [0, 0.1) is 6.92 Å². The van der Waals surface area contributed by atoms with Crippen LogP contribution in [0.5, 0.6) is 5.75 Å². The number of benzene rings is 2. The number of aliphatic hydroxyl groups excluding tert-OH is 1. The highest BCUT2D eigenvalue weighted by atomic mass is 16.6. The highest BCUT2D eigenvalue weighted by molar-refractivity contribution is 5.99. The molecule has 2 rings (SSSR count). The van der Waals surface area contributed by atoms with Crippen LogP contribution in [0.4, 0.5) is 10.5 Å². The minimum Gasteiger partial charge on any atom is -0.497 e. The lowest BCUT2D eigenvalue weighted by Crippen LogP contribution is -2.53. The van der Waals surface area contributed by atoms with Crippen LogP contribution in [0.3, 0.4) is 0 Å². The number of aryl methyl sites for hydroxylation is 1. The van der Waals surface area contributed by atoms with Crippen LogP contribution in [0.25, 0.3) is 0 Å². The predicted molar refractivity (Wildman–Crippen MR) is 133 cm³/mol. The van der Waals surface area contributed by atoms with E-state index in [4.69, 9.17) is 9.47 Å². The summed E-state index contributed by atoms with van der Waals surface area (Å²) in [5, 5.41) is 15.1. The van der Waals surface area contributed by atoms with E-state index in [0.29, 0.717) is 17.0 Å². The van der Waals surface area contributed by atoms with Gasteiger partial charge in [-0.25, -0.2) is 4.79 Å². The number of hydrogen-bond acceptors (Lipinski definition) is 6. The second-order valence-corrected chi connectivity index (χ2v) is 9.04. The summed E-state index contributed by atoms with van der Waals surface area (Å²) in [6.45, 7) is 8.22. The topological polar surface area (TPSA) is 117 Å². The molecule has 9 heteroatoms. The molecule has 0 aliphatic heterocycles. The van der Waals surface area contributed by atoms with Crippen LogP contribution in [-0.4, -0.2) is 59.8 Å². The van der Waals surface area contributed by atoms with Crippen molar-refractivity contribution in [3.8, 4) is 5.75 Å². The third-order valence-corrected chi connectivity index (χ3v) is 5.11. The number of hydrogen-bond donors (Lipinski definition) is 3. The molecule has 9 nitrogen and oxygen atoms in total. The molecule has 0 bridgehead atoms. The standard InChI is InChI=1S/C26H35N3O6/c1-7-29(24(32)21(16-30)28-25(33)35-26(3,4)5)22(18-10-8-17(2)9-11-18)23(31)27-19-12-14-20(34-6)15-13-19/h8-15,21-22,30H,7,16H2,1-6H3,(H,27,31)(H,28,33). The van der Waals surface area contributed by atoms with Crippen molar-refractivity contribution in [1.82, 2.24) is 10.2 Å². The molecule has 0 aliphatic carbocycles. The third-order valence-electron chi connectivity index (χ3n) is 5.11. The van der Waals surface area contributed by atoms with E-state index in [1.165, 1.54) is 4.90 Å². The lowest BCUT2D eigenvalue weighted by atomic mass is 10.0. The zero-order valence-electron chi connectivity index (χ0n) is 21.1. The molecule has 2 unspecified atom stereocenters. The van der Waals surface area contributed by atoms with E-state index < -0.39 is 42.2 Å². The van der Waals surface area contributed by atoms with Crippen molar-refractivity contribution in [1.29, 1.82) is 0 Å². The lowest BCUT2D eigenvalue weighted by Gasteiger charge is -2.33. The Morgan fingerprint density at radius 3 is 2.11 bits per heavy atom. The first-order valence-electron chi connectivity index (χ1n) is 11.4. The summed E-state index contributed by atoms with van der Waals surface area (Å²) < 4.78 is 10.4. The predicted octanol–water partition coefficient (Wildman–Crippen LogP) is 3.42. The van der Waals surface area contributed by atoms with Crippen molar-refractivity contribution in [3.05, 3.63) is 59.7 Å². The summed E-state index contributed by atoms with van der Waals surface area (Å²) in [6, 6.07) is 11.8. The third kappa shape index (κ3) is 7.99. The van der Waals surface area contributed by atoms with Gasteiger partial charge < -0.3 is 30.1 Å². The fourth-order valence-electron chi connectivity index (χ4n) is 3.41. The van der Waals surface area contributed by atoms with Crippen molar-refractivity contribution in [2.45, 2.75) is 52.3 Å². The quantitative estimate of drug-likeness (QED) is 0.501. The average Bonchev–Trinajstić information content (AvgIpc) is 2.80. The van der Waals surface area contributed by atoms with E-state index >= 15 is 0 Å². The van der Waals surface area contributed by atoms with Crippen molar-refractivity contribution in [2.24, 2.45) is 0 Å². The number of rotatable bonds is 9. The number of nitrogens with one attached hydrogen (secondary N) is 2. The summed E-state index contributed by atoms with van der Waals surface area (Å²) >= 11 is 0. The molecule has 190 valence electrons. The van der Waals surface area contributed by atoms with Crippen LogP contribution in [0.15, 0.2) is 48.5 Å². The number of alkyl carbamates (subject to hydrolysis) is 1. The van der Waals surface area contributed by atoms with Gasteiger partial charge in [-0.1, -0.05) is 29.8 Å². The molecule has 0 saturated heterocycles. The summed E-state index contributed by atoms with van der Waals surface area (Å²) in [7, 11) is 1.55. The van der Waals surface area contributed by atoms with Crippen LogP contribution in [-0.2, 0) is 14.3 Å². The Morgan fingerprint density at radius 2 is 1.63 bits per heavy atom. The number of anilines is 1. The van der Waals surface area contributed by atoms with Gasteiger partial charge in [-0.05, 0) is 64.4 Å². The van der Waals surface area contributed by atoms with Crippen LogP contribution in [0.2, 0.25) is 0 Å². The number of nitrogens with zero attached hydrogens (tertiary/aromatic N) is 1. The molecule has 0 aliphatic rings. The second-order valence-electron chi connectivity index (χ2n) is 9.04. The fourth-order valence-corrected chi connectivity index (χ4v) is 3.41. The molecule has 2 aromatic carbocycles. The van der Waals surface area contributed by atoms with Crippen molar-refractivity contribution in [2.75, 3.05) is 25.6 Å². The maximum Gasteiger partial charge on any atom is 0.408 e. The normalized spacial score (nSPS) is 12.8. The van der Waals surface area contributed by atoms with Crippen LogP contribution >= 0.6 is 0 Å². The van der Waals surface area contributed by atoms with Crippen molar-refractivity contribution in [3.63, 3.8) is 0 Å². The van der Waals surface area contributed by atoms with E-state index in [0.717, 1.165) is 5.56 Å². The Bertz CT molecular complexity index is 999. The number of amides is 3. The lowest BCUT2D eigenvalue weighted by molar-refractivity contribution is -0.141. The minimum absolute atomic E-state index is 0.153. The highest BCUT2D eigenvalue weighted by Crippen LogP contribution is 2.25. The molecule has 2 atom stereocenters. The maximum atomic E-state index is 13.5. The van der Waals surface area contributed by atoms with Gasteiger partial charge in [-0.15, -0.1) is 0 Å². The van der Waals surface area contributed by atoms with E-state index in [1.54, 1.807) is 71.2 Å². The fraction of sp³-hybridized carbons (Fsp3) is 0.423. The molecule has 3 N–H and O–H groups in total. The molecular weight excluding hydrogens is 450 g/mol. The molecule has 0 fully saturated rings. The molecule has 0 heterocycles. The van der Waals surface area contributed by atoms with Crippen LogP contribution < -0.4 is 15.4 Å². The first-order chi connectivity index (χ1) is 16.5. The number of methoxy groups -OCH3 is 1. The number of carbonyl (C=O) groups is 3. The summed E-state index contributed by atoms with van der Waals surface area (Å²) in [4.78, 5) is 40.5. The van der Waals surface area contributed by atoms with Crippen molar-refractivity contribution >= 4 is 23.6 Å². The Balaban J connectivity index is 2.35. The molecule has 3 amide bonds. The Labute approximate surface area is 206 Å². The maximum absolute atomic E-state index is 13.5. The van der Waals surface area contributed by atoms with Gasteiger partial charge in [-0.2, -0.15) is 0 Å². The Kier molecular flexibility index (Phi) is 9.65. The Hall–Kier alpha value is -3.59. The minimum atomic E-state index is -1.29. The van der Waals surface area contributed by atoms with Crippen LogP contribution in [0.1, 0.15) is 44.9 Å². The number of aliphatic hydroxyl groups is 1. The van der Waals surface area contributed by atoms with Gasteiger partial charge in [0.1, 0.15) is 23.4 Å². The summed E-state index contributed by atoms with van der Waals surface area (Å²) in [6.07, 6.45) is -0.837. The van der Waals surface area contributed by atoms with Crippen molar-refractivity contribution < 1.29 is 29.0 Å². The van der Waals surface area contributed by atoms with E-state index in [-0.39, 0.29) is 6.54 Å². The molecule has 0 saturated carbocycles. The zero-order valence-corrected chi connectivity index (χ0v) is 21.1. The average molecular weight is 486 g/mol.